The molecule has 1 atom stereocenters. The molecule has 0 aliphatic carbocycles. The maximum atomic E-state index is 13.2. The second kappa shape index (κ2) is 5.74. The van der Waals surface area contributed by atoms with E-state index in [0.717, 1.165) is 17.2 Å². The van der Waals surface area contributed by atoms with Gasteiger partial charge < -0.3 is 11.1 Å². The minimum absolute atomic E-state index is 0.156. The Morgan fingerprint density at radius 1 is 1.20 bits per heavy atom. The van der Waals surface area contributed by atoms with Crippen LogP contribution in [0.2, 0.25) is 0 Å². The molecular formula is C16H17FN2O. The molecule has 2 rings (SSSR count). The molecule has 0 saturated heterocycles. The van der Waals surface area contributed by atoms with Crippen molar-refractivity contribution in [3.63, 3.8) is 0 Å². The van der Waals surface area contributed by atoms with E-state index in [1.54, 1.807) is 0 Å². The van der Waals surface area contributed by atoms with Crippen LogP contribution in [0.25, 0.3) is 0 Å². The maximum Gasteiger partial charge on any atom is 0.253 e. The zero-order valence-corrected chi connectivity index (χ0v) is 11.5. The van der Waals surface area contributed by atoms with Gasteiger partial charge in [-0.15, -0.1) is 0 Å². The summed E-state index contributed by atoms with van der Waals surface area (Å²) in [5.41, 5.74) is 8.26. The normalized spacial score (nSPS) is 11.9. The van der Waals surface area contributed by atoms with Crippen LogP contribution in [0.4, 0.5) is 10.1 Å². The van der Waals surface area contributed by atoms with Crippen molar-refractivity contribution in [3.8, 4) is 0 Å². The summed E-state index contributed by atoms with van der Waals surface area (Å²) in [6, 6.07) is 11.5. The molecule has 0 aromatic heterocycles. The van der Waals surface area contributed by atoms with Crippen LogP contribution in [-0.2, 0) is 0 Å². The van der Waals surface area contributed by atoms with Gasteiger partial charge >= 0.3 is 0 Å². The van der Waals surface area contributed by atoms with Crippen molar-refractivity contribution in [1.82, 2.24) is 5.32 Å². The van der Waals surface area contributed by atoms with E-state index in [1.807, 2.05) is 38.1 Å². The molecular weight excluding hydrogens is 255 g/mol. The van der Waals surface area contributed by atoms with Gasteiger partial charge in [0.05, 0.1) is 11.6 Å². The number of carbonyl (C=O) groups is 1. The monoisotopic (exact) mass is 272 g/mol. The van der Waals surface area contributed by atoms with Crippen molar-refractivity contribution < 1.29 is 9.18 Å². The fourth-order valence-electron chi connectivity index (χ4n) is 1.94. The molecule has 0 aliphatic heterocycles. The van der Waals surface area contributed by atoms with Crippen LogP contribution in [0.3, 0.4) is 0 Å². The van der Waals surface area contributed by atoms with E-state index in [1.165, 1.54) is 12.1 Å². The van der Waals surface area contributed by atoms with E-state index >= 15 is 0 Å². The van der Waals surface area contributed by atoms with Crippen molar-refractivity contribution in [3.05, 3.63) is 65.0 Å². The molecule has 0 heterocycles. The second-order valence-corrected chi connectivity index (χ2v) is 4.84. The number of hydrogen-bond donors (Lipinski definition) is 2. The van der Waals surface area contributed by atoms with Gasteiger partial charge in [-0.1, -0.05) is 29.8 Å². The zero-order valence-electron chi connectivity index (χ0n) is 11.5. The SMILES string of the molecule is Cc1ccc([C@H](C)NC(=O)c2cc(F)ccc2N)cc1. The van der Waals surface area contributed by atoms with Gasteiger partial charge in [-0.05, 0) is 37.6 Å². The van der Waals surface area contributed by atoms with E-state index in [2.05, 4.69) is 5.32 Å². The second-order valence-electron chi connectivity index (χ2n) is 4.84. The molecule has 0 fully saturated rings. The van der Waals surface area contributed by atoms with E-state index in [4.69, 9.17) is 5.73 Å². The Labute approximate surface area is 117 Å². The summed E-state index contributed by atoms with van der Waals surface area (Å²) >= 11 is 0. The van der Waals surface area contributed by atoms with Gasteiger partial charge in [-0.2, -0.15) is 0 Å². The van der Waals surface area contributed by atoms with E-state index in [9.17, 15) is 9.18 Å². The third-order valence-corrected chi connectivity index (χ3v) is 3.18. The Hall–Kier alpha value is -2.36. The van der Waals surface area contributed by atoms with Crippen LogP contribution in [0.5, 0.6) is 0 Å². The standard InChI is InChI=1S/C16H17FN2O/c1-10-3-5-12(6-4-10)11(2)19-16(20)14-9-13(17)7-8-15(14)18/h3-9,11H,18H2,1-2H3,(H,19,20)/t11-/m0/s1. The van der Waals surface area contributed by atoms with Crippen LogP contribution in [-0.4, -0.2) is 5.91 Å². The summed E-state index contributed by atoms with van der Waals surface area (Å²) in [6.07, 6.45) is 0. The van der Waals surface area contributed by atoms with Crippen LogP contribution in [0.1, 0.15) is 34.5 Å². The summed E-state index contributed by atoms with van der Waals surface area (Å²) in [6.45, 7) is 3.87. The number of halogens is 1. The quantitative estimate of drug-likeness (QED) is 0.843. The van der Waals surface area contributed by atoms with E-state index < -0.39 is 5.82 Å². The number of benzene rings is 2. The first-order chi connectivity index (χ1) is 9.47. The molecule has 3 N–H and O–H groups in total. The number of hydrogen-bond acceptors (Lipinski definition) is 2. The first kappa shape index (κ1) is 14.1. The third kappa shape index (κ3) is 3.15. The predicted octanol–water partition coefficient (Wildman–Crippen LogP) is 3.21. The number of rotatable bonds is 3. The van der Waals surface area contributed by atoms with Gasteiger partial charge in [0, 0.05) is 5.69 Å². The van der Waals surface area contributed by atoms with E-state index in [-0.39, 0.29) is 23.2 Å². The highest BCUT2D eigenvalue weighted by molar-refractivity contribution is 5.99. The van der Waals surface area contributed by atoms with Crippen LogP contribution in [0.15, 0.2) is 42.5 Å². The minimum atomic E-state index is -0.479. The highest BCUT2D eigenvalue weighted by Gasteiger charge is 2.14. The lowest BCUT2D eigenvalue weighted by atomic mass is 10.1. The Kier molecular flexibility index (Phi) is 4.03. The number of carbonyl (C=O) groups excluding carboxylic acids is 1. The van der Waals surface area contributed by atoms with Crippen molar-refractivity contribution in [2.45, 2.75) is 19.9 Å². The largest absolute Gasteiger partial charge is 0.398 e. The molecule has 0 radical (unpaired) electrons. The maximum absolute atomic E-state index is 13.2. The van der Waals surface area contributed by atoms with Gasteiger partial charge in [-0.25, -0.2) is 4.39 Å². The summed E-state index contributed by atoms with van der Waals surface area (Å²) < 4.78 is 13.2. The molecule has 0 bridgehead atoms. The molecule has 20 heavy (non-hydrogen) atoms. The lowest BCUT2D eigenvalue weighted by molar-refractivity contribution is 0.0940. The zero-order chi connectivity index (χ0) is 14.7. The first-order valence-corrected chi connectivity index (χ1v) is 6.40. The fraction of sp³-hybridized carbons (Fsp3) is 0.188. The molecule has 0 spiro atoms. The lowest BCUT2D eigenvalue weighted by Crippen LogP contribution is -2.27. The summed E-state index contributed by atoms with van der Waals surface area (Å²) in [5, 5.41) is 2.81. The summed E-state index contributed by atoms with van der Waals surface area (Å²) in [5.74, 6) is -0.859. The number of nitrogens with two attached hydrogens (primary N) is 1. The Balaban J connectivity index is 2.15. The van der Waals surface area contributed by atoms with Gasteiger partial charge in [0.1, 0.15) is 5.82 Å². The Morgan fingerprint density at radius 2 is 1.85 bits per heavy atom. The van der Waals surface area contributed by atoms with Gasteiger partial charge in [0.15, 0.2) is 0 Å². The van der Waals surface area contributed by atoms with Gasteiger partial charge in [0.25, 0.3) is 5.91 Å². The average Bonchev–Trinajstić information content (AvgIpc) is 2.42. The number of anilines is 1. The van der Waals surface area contributed by atoms with Gasteiger partial charge in [0.2, 0.25) is 0 Å². The number of aryl methyl sites for hydroxylation is 1. The number of amides is 1. The molecule has 2 aromatic rings. The van der Waals surface area contributed by atoms with Crippen molar-refractivity contribution in [2.24, 2.45) is 0 Å². The van der Waals surface area contributed by atoms with E-state index in [0.29, 0.717) is 0 Å². The fourth-order valence-corrected chi connectivity index (χ4v) is 1.94. The topological polar surface area (TPSA) is 55.1 Å². The molecule has 3 nitrogen and oxygen atoms in total. The molecule has 1 amide bonds. The molecule has 104 valence electrons. The molecule has 4 heteroatoms. The molecule has 0 saturated carbocycles. The summed E-state index contributed by atoms with van der Waals surface area (Å²) in [4.78, 5) is 12.1. The lowest BCUT2D eigenvalue weighted by Gasteiger charge is -2.15. The third-order valence-electron chi connectivity index (χ3n) is 3.18. The van der Waals surface area contributed by atoms with Crippen LogP contribution >= 0.6 is 0 Å². The van der Waals surface area contributed by atoms with Crippen molar-refractivity contribution in [2.75, 3.05) is 5.73 Å². The first-order valence-electron chi connectivity index (χ1n) is 6.40. The van der Waals surface area contributed by atoms with Crippen LogP contribution < -0.4 is 11.1 Å². The highest BCUT2D eigenvalue weighted by atomic mass is 19.1. The number of nitrogens with one attached hydrogen (secondary N) is 1. The Morgan fingerprint density at radius 3 is 2.50 bits per heavy atom. The molecule has 2 aromatic carbocycles. The highest BCUT2D eigenvalue weighted by Crippen LogP contribution is 2.17. The predicted molar refractivity (Wildman–Crippen MR) is 77.9 cm³/mol. The van der Waals surface area contributed by atoms with Crippen molar-refractivity contribution >= 4 is 11.6 Å². The average molecular weight is 272 g/mol. The Bertz CT molecular complexity index is 623. The molecule has 0 aliphatic rings. The number of nitrogen functional groups attached to an aromatic ring is 1. The smallest absolute Gasteiger partial charge is 0.253 e. The van der Waals surface area contributed by atoms with Crippen LogP contribution in [0, 0.1) is 12.7 Å². The van der Waals surface area contributed by atoms with Crippen molar-refractivity contribution in [1.29, 1.82) is 0 Å². The summed E-state index contributed by atoms with van der Waals surface area (Å²) in [7, 11) is 0. The van der Waals surface area contributed by atoms with Gasteiger partial charge in [-0.3, -0.25) is 4.79 Å². The molecule has 0 unspecified atom stereocenters. The minimum Gasteiger partial charge on any atom is -0.398 e.